The number of fused-ring (bicyclic) bond motifs is 1. The van der Waals surface area contributed by atoms with Crippen molar-refractivity contribution in [3.8, 4) is 0 Å². The lowest BCUT2D eigenvalue weighted by Crippen LogP contribution is -2.34. The third kappa shape index (κ3) is 4.32. The molecule has 3 aromatic rings. The number of hydrogen-bond acceptors (Lipinski definition) is 5. The van der Waals surface area contributed by atoms with E-state index in [1.54, 1.807) is 6.20 Å². The van der Waals surface area contributed by atoms with Gasteiger partial charge in [-0.25, -0.2) is 0 Å². The molecule has 1 atom stereocenters. The highest BCUT2D eigenvalue weighted by molar-refractivity contribution is 6.30. The molecule has 0 aliphatic heterocycles. The molecule has 1 amide bonds. The number of aromatic amines is 1. The Hall–Kier alpha value is -3.19. The van der Waals surface area contributed by atoms with Crippen molar-refractivity contribution in [2.75, 3.05) is 6.54 Å². The average Bonchev–Trinajstić information content (AvgIpc) is 3.09. The molecule has 0 spiro atoms. The molecule has 0 saturated heterocycles. The van der Waals surface area contributed by atoms with Crippen molar-refractivity contribution in [1.82, 2.24) is 15.3 Å². The standard InChI is InChI=1S/C19H16ClN3O4/c1-11(18(25)14-9-22-15-5-3-2-4-13(14)15)27-17(24)10-23-19(26)16-8-12(20)6-7-21-16/h2-9,11,22H,10H2,1H3,(H,23,26)/t11-/m0/s1. The number of H-pyrrole nitrogens is 1. The second-order valence-electron chi connectivity index (χ2n) is 5.79. The first kappa shape index (κ1) is 18.6. The molecule has 2 heterocycles. The summed E-state index contributed by atoms with van der Waals surface area (Å²) in [5.74, 6) is -1.63. The van der Waals surface area contributed by atoms with Gasteiger partial charge in [0.1, 0.15) is 12.2 Å². The van der Waals surface area contributed by atoms with Crippen molar-refractivity contribution in [2.24, 2.45) is 0 Å². The first-order chi connectivity index (χ1) is 13.0. The Morgan fingerprint density at radius 2 is 2.04 bits per heavy atom. The summed E-state index contributed by atoms with van der Waals surface area (Å²) in [4.78, 5) is 43.3. The van der Waals surface area contributed by atoms with Gasteiger partial charge in [-0.3, -0.25) is 19.4 Å². The Morgan fingerprint density at radius 3 is 2.81 bits per heavy atom. The van der Waals surface area contributed by atoms with Crippen LogP contribution in [0.4, 0.5) is 0 Å². The molecular formula is C19H16ClN3O4. The van der Waals surface area contributed by atoms with E-state index in [1.807, 2.05) is 24.3 Å². The number of nitrogens with zero attached hydrogens (tertiary/aromatic N) is 1. The lowest BCUT2D eigenvalue weighted by Gasteiger charge is -2.12. The maximum Gasteiger partial charge on any atom is 0.326 e. The van der Waals surface area contributed by atoms with E-state index in [1.165, 1.54) is 25.3 Å². The number of Topliss-reactive ketones (excluding diaryl/α,β-unsaturated/α-hetero) is 1. The molecule has 0 unspecified atom stereocenters. The van der Waals surface area contributed by atoms with Gasteiger partial charge in [0.25, 0.3) is 5.91 Å². The molecule has 3 rings (SSSR count). The fourth-order valence-electron chi connectivity index (χ4n) is 2.56. The van der Waals surface area contributed by atoms with Crippen molar-refractivity contribution in [3.63, 3.8) is 0 Å². The molecule has 7 nitrogen and oxygen atoms in total. The first-order valence-corrected chi connectivity index (χ1v) is 8.53. The van der Waals surface area contributed by atoms with Crippen molar-refractivity contribution < 1.29 is 19.1 Å². The zero-order valence-electron chi connectivity index (χ0n) is 14.4. The quantitative estimate of drug-likeness (QED) is 0.502. The van der Waals surface area contributed by atoms with Crippen molar-refractivity contribution in [3.05, 3.63) is 65.1 Å². The van der Waals surface area contributed by atoms with Gasteiger partial charge >= 0.3 is 5.97 Å². The van der Waals surface area contributed by atoms with Crippen LogP contribution in [0.25, 0.3) is 10.9 Å². The highest BCUT2D eigenvalue weighted by atomic mass is 35.5. The predicted octanol–water partition coefficient (Wildman–Crippen LogP) is 2.76. The van der Waals surface area contributed by atoms with Crippen LogP contribution in [-0.2, 0) is 9.53 Å². The number of ketones is 1. The van der Waals surface area contributed by atoms with Gasteiger partial charge in [0.2, 0.25) is 5.78 Å². The Morgan fingerprint density at radius 1 is 1.26 bits per heavy atom. The van der Waals surface area contributed by atoms with Gasteiger partial charge in [0.15, 0.2) is 6.10 Å². The lowest BCUT2D eigenvalue weighted by molar-refractivity contribution is -0.145. The molecular weight excluding hydrogens is 370 g/mol. The number of pyridine rings is 1. The number of amides is 1. The van der Waals surface area contributed by atoms with Gasteiger partial charge in [-0.15, -0.1) is 0 Å². The summed E-state index contributed by atoms with van der Waals surface area (Å²) in [5.41, 5.74) is 1.34. The van der Waals surface area contributed by atoms with E-state index in [2.05, 4.69) is 15.3 Å². The van der Waals surface area contributed by atoms with E-state index in [0.717, 1.165) is 10.9 Å². The monoisotopic (exact) mass is 385 g/mol. The molecule has 0 aliphatic rings. The summed E-state index contributed by atoms with van der Waals surface area (Å²) >= 11 is 5.79. The van der Waals surface area contributed by atoms with Gasteiger partial charge in [-0.1, -0.05) is 29.8 Å². The van der Waals surface area contributed by atoms with Gasteiger partial charge < -0.3 is 15.0 Å². The van der Waals surface area contributed by atoms with Crippen LogP contribution < -0.4 is 5.32 Å². The number of halogens is 1. The minimum atomic E-state index is -0.988. The number of carbonyl (C=O) groups is 3. The number of benzene rings is 1. The van der Waals surface area contributed by atoms with Crippen LogP contribution >= 0.6 is 11.6 Å². The normalized spacial score (nSPS) is 11.8. The Bertz CT molecular complexity index is 1010. The number of nitrogens with one attached hydrogen (secondary N) is 2. The van der Waals surface area contributed by atoms with Crippen LogP contribution in [0.2, 0.25) is 5.02 Å². The highest BCUT2D eigenvalue weighted by Gasteiger charge is 2.22. The van der Waals surface area contributed by atoms with Gasteiger partial charge in [-0.2, -0.15) is 0 Å². The van der Waals surface area contributed by atoms with E-state index in [-0.39, 0.29) is 11.5 Å². The molecule has 2 N–H and O–H groups in total. The van der Waals surface area contributed by atoms with Crippen LogP contribution in [0.15, 0.2) is 48.8 Å². The summed E-state index contributed by atoms with van der Waals surface area (Å²) in [6.45, 7) is 1.10. The predicted molar refractivity (Wildman–Crippen MR) is 99.8 cm³/mol. The molecule has 2 aromatic heterocycles. The lowest BCUT2D eigenvalue weighted by atomic mass is 10.1. The number of ether oxygens (including phenoxy) is 1. The summed E-state index contributed by atoms with van der Waals surface area (Å²) in [6.07, 6.45) is 1.99. The van der Waals surface area contributed by atoms with Gasteiger partial charge in [-0.05, 0) is 25.1 Å². The number of carbonyl (C=O) groups excluding carboxylic acids is 3. The summed E-state index contributed by atoms with van der Waals surface area (Å²) < 4.78 is 5.13. The summed E-state index contributed by atoms with van der Waals surface area (Å²) in [6, 6.07) is 10.3. The zero-order valence-corrected chi connectivity index (χ0v) is 15.1. The fourth-order valence-corrected chi connectivity index (χ4v) is 2.72. The topological polar surface area (TPSA) is 101 Å². The zero-order chi connectivity index (χ0) is 19.4. The van der Waals surface area contributed by atoms with E-state index in [9.17, 15) is 14.4 Å². The van der Waals surface area contributed by atoms with E-state index in [0.29, 0.717) is 10.6 Å². The highest BCUT2D eigenvalue weighted by Crippen LogP contribution is 2.19. The van der Waals surface area contributed by atoms with E-state index < -0.39 is 24.5 Å². The average molecular weight is 386 g/mol. The maximum atomic E-state index is 12.5. The second-order valence-corrected chi connectivity index (χ2v) is 6.22. The van der Waals surface area contributed by atoms with Crippen LogP contribution in [0.5, 0.6) is 0 Å². The van der Waals surface area contributed by atoms with Crippen LogP contribution in [0, 0.1) is 0 Å². The molecule has 0 fully saturated rings. The molecule has 27 heavy (non-hydrogen) atoms. The van der Waals surface area contributed by atoms with Crippen molar-refractivity contribution in [1.29, 1.82) is 0 Å². The Labute approximate surface area is 159 Å². The molecule has 1 aromatic carbocycles. The van der Waals surface area contributed by atoms with E-state index >= 15 is 0 Å². The molecule has 0 saturated carbocycles. The summed E-state index contributed by atoms with van der Waals surface area (Å²) in [5, 5.41) is 3.49. The van der Waals surface area contributed by atoms with E-state index in [4.69, 9.17) is 16.3 Å². The first-order valence-electron chi connectivity index (χ1n) is 8.15. The number of para-hydroxylation sites is 1. The molecule has 138 valence electrons. The molecule has 0 aliphatic carbocycles. The number of esters is 1. The minimum absolute atomic E-state index is 0.0817. The third-order valence-electron chi connectivity index (χ3n) is 3.88. The maximum absolute atomic E-state index is 12.5. The second kappa shape index (κ2) is 8.01. The molecule has 0 radical (unpaired) electrons. The fraction of sp³-hybridized carbons (Fsp3) is 0.158. The van der Waals surface area contributed by atoms with Crippen molar-refractivity contribution >= 4 is 40.2 Å². The Balaban J connectivity index is 1.57. The smallest absolute Gasteiger partial charge is 0.326 e. The number of hydrogen-bond donors (Lipinski definition) is 2. The van der Waals surface area contributed by atoms with Crippen molar-refractivity contribution in [2.45, 2.75) is 13.0 Å². The summed E-state index contributed by atoms with van der Waals surface area (Å²) in [7, 11) is 0. The third-order valence-corrected chi connectivity index (χ3v) is 4.12. The number of rotatable bonds is 6. The minimum Gasteiger partial charge on any atom is -0.453 e. The number of aromatic nitrogens is 2. The van der Waals surface area contributed by atoms with Gasteiger partial charge in [0.05, 0.1) is 0 Å². The molecule has 0 bridgehead atoms. The largest absolute Gasteiger partial charge is 0.453 e. The van der Waals surface area contributed by atoms with Crippen LogP contribution in [0.3, 0.4) is 0 Å². The van der Waals surface area contributed by atoms with Crippen LogP contribution in [-0.4, -0.2) is 40.3 Å². The molecule has 8 heteroatoms. The Kier molecular flexibility index (Phi) is 5.52. The van der Waals surface area contributed by atoms with Gasteiger partial charge in [0, 0.05) is 33.9 Å². The SMILES string of the molecule is C[C@H](OC(=O)CNC(=O)c1cc(Cl)ccn1)C(=O)c1c[nH]c2ccccc12. The van der Waals surface area contributed by atoms with Crippen LogP contribution in [0.1, 0.15) is 27.8 Å².